The number of sulfone groups is 1. The Kier molecular flexibility index (Phi) is 5.12. The molecule has 0 saturated carbocycles. The predicted octanol–water partition coefficient (Wildman–Crippen LogP) is 2.95. The molecule has 0 unspecified atom stereocenters. The molecule has 0 aliphatic carbocycles. The van der Waals surface area contributed by atoms with E-state index in [1.165, 1.54) is 13.2 Å². The third kappa shape index (κ3) is 4.23. The summed E-state index contributed by atoms with van der Waals surface area (Å²) < 4.78 is 57.3. The highest BCUT2D eigenvalue weighted by molar-refractivity contribution is 7.92. The maximum absolute atomic E-state index is 12.9. The van der Waals surface area contributed by atoms with Crippen LogP contribution in [-0.4, -0.2) is 44.6 Å². The van der Waals surface area contributed by atoms with Crippen molar-refractivity contribution in [2.75, 3.05) is 18.1 Å². The first-order valence-corrected chi connectivity index (χ1v) is 12.1. The zero-order valence-corrected chi connectivity index (χ0v) is 18.4. The van der Waals surface area contributed by atoms with E-state index in [2.05, 4.69) is 9.82 Å². The molecule has 2 aromatic heterocycles. The van der Waals surface area contributed by atoms with Crippen molar-refractivity contribution in [1.29, 1.82) is 0 Å². The molecule has 2 heterocycles. The van der Waals surface area contributed by atoms with Crippen molar-refractivity contribution < 1.29 is 21.6 Å². The summed E-state index contributed by atoms with van der Waals surface area (Å²) in [6, 6.07) is 8.03. The summed E-state index contributed by atoms with van der Waals surface area (Å²) in [7, 11) is -5.55. The number of benzene rings is 1. The van der Waals surface area contributed by atoms with E-state index in [1.807, 2.05) is 0 Å². The molecule has 0 amide bonds. The van der Waals surface area contributed by atoms with Gasteiger partial charge in [-0.25, -0.2) is 21.4 Å². The van der Waals surface area contributed by atoms with Gasteiger partial charge in [0.1, 0.15) is 5.75 Å². The van der Waals surface area contributed by atoms with E-state index in [9.17, 15) is 16.8 Å². The number of hydrogen-bond acceptors (Lipinski definition) is 6. The highest BCUT2D eigenvalue weighted by atomic mass is 32.2. The Labute approximate surface area is 170 Å². The zero-order chi connectivity index (χ0) is 21.6. The van der Waals surface area contributed by atoms with Crippen molar-refractivity contribution in [2.24, 2.45) is 0 Å². The van der Waals surface area contributed by atoms with Gasteiger partial charge < -0.3 is 4.74 Å². The average molecular weight is 438 g/mol. The topological polar surface area (TPSA) is 107 Å². The van der Waals surface area contributed by atoms with E-state index in [1.54, 1.807) is 61.9 Å². The fraction of sp³-hybridized carbons (Fsp3) is 0.316. The standard InChI is InChI=1S/C19H23N3O5S2/c1-19(2,3)29(25,26)16-6-7-22-18(11-16)17(12-20-22)13-8-14(21-28(5,23)24)10-15(9-13)27-4/h6-12,21H,1-5H3. The molecule has 10 heteroatoms. The lowest BCUT2D eigenvalue weighted by molar-refractivity contribution is 0.415. The maximum atomic E-state index is 12.9. The minimum absolute atomic E-state index is 0.191. The molecule has 0 spiro atoms. The lowest BCUT2D eigenvalue weighted by atomic mass is 10.1. The highest BCUT2D eigenvalue weighted by Gasteiger charge is 2.31. The molecule has 29 heavy (non-hydrogen) atoms. The normalized spacial score (nSPS) is 12.9. The van der Waals surface area contributed by atoms with Gasteiger partial charge in [0.15, 0.2) is 9.84 Å². The summed E-state index contributed by atoms with van der Waals surface area (Å²) in [5.74, 6) is 0.450. The molecule has 0 saturated heterocycles. The lowest BCUT2D eigenvalue weighted by Crippen LogP contribution is -2.27. The van der Waals surface area contributed by atoms with E-state index in [4.69, 9.17) is 4.74 Å². The summed E-state index contributed by atoms with van der Waals surface area (Å²) in [4.78, 5) is 0.191. The van der Waals surface area contributed by atoms with Gasteiger partial charge in [-0.2, -0.15) is 5.10 Å². The van der Waals surface area contributed by atoms with Crippen LogP contribution >= 0.6 is 0 Å². The lowest BCUT2D eigenvalue weighted by Gasteiger charge is -2.19. The van der Waals surface area contributed by atoms with Crippen LogP contribution in [0.1, 0.15) is 20.8 Å². The largest absolute Gasteiger partial charge is 0.497 e. The minimum Gasteiger partial charge on any atom is -0.497 e. The zero-order valence-electron chi connectivity index (χ0n) is 16.8. The van der Waals surface area contributed by atoms with Gasteiger partial charge in [-0.15, -0.1) is 0 Å². The fourth-order valence-electron chi connectivity index (χ4n) is 2.85. The molecule has 1 N–H and O–H groups in total. The predicted molar refractivity (Wildman–Crippen MR) is 113 cm³/mol. The van der Waals surface area contributed by atoms with Crippen LogP contribution in [0.4, 0.5) is 5.69 Å². The Balaban J connectivity index is 2.21. The number of pyridine rings is 1. The summed E-state index contributed by atoms with van der Waals surface area (Å²) in [5, 5.41) is 4.28. The number of hydrogen-bond donors (Lipinski definition) is 1. The number of methoxy groups -OCH3 is 1. The van der Waals surface area contributed by atoms with Crippen molar-refractivity contribution in [3.8, 4) is 16.9 Å². The number of nitrogens with zero attached hydrogens (tertiary/aromatic N) is 2. The van der Waals surface area contributed by atoms with Gasteiger partial charge in [-0.3, -0.25) is 4.72 Å². The summed E-state index contributed by atoms with van der Waals surface area (Å²) in [6.07, 6.45) is 4.25. The van der Waals surface area contributed by atoms with Crippen LogP contribution < -0.4 is 9.46 Å². The molecule has 0 bridgehead atoms. The Bertz CT molecular complexity index is 1290. The first-order valence-electron chi connectivity index (χ1n) is 8.71. The Morgan fingerprint density at radius 3 is 2.34 bits per heavy atom. The molecule has 3 rings (SSSR count). The third-order valence-electron chi connectivity index (χ3n) is 4.37. The van der Waals surface area contributed by atoms with Crippen LogP contribution in [0.25, 0.3) is 16.6 Å². The number of sulfonamides is 1. The second-order valence-corrected chi connectivity index (χ2v) is 12.1. The second-order valence-electron chi connectivity index (χ2n) is 7.69. The molecule has 8 nitrogen and oxygen atoms in total. The quantitative estimate of drug-likeness (QED) is 0.658. The van der Waals surface area contributed by atoms with Crippen molar-refractivity contribution >= 4 is 31.1 Å². The van der Waals surface area contributed by atoms with E-state index in [0.29, 0.717) is 28.1 Å². The number of ether oxygens (including phenoxy) is 1. The Hall–Kier alpha value is -2.59. The van der Waals surface area contributed by atoms with Gasteiger partial charge in [-0.05, 0) is 50.6 Å². The Morgan fingerprint density at radius 1 is 1.07 bits per heavy atom. The summed E-state index contributed by atoms with van der Waals surface area (Å²) >= 11 is 0. The molecular weight excluding hydrogens is 414 g/mol. The van der Waals surface area contributed by atoms with Crippen molar-refractivity contribution in [3.63, 3.8) is 0 Å². The molecule has 0 radical (unpaired) electrons. The molecule has 0 aliphatic heterocycles. The first-order chi connectivity index (χ1) is 13.3. The molecule has 156 valence electrons. The Morgan fingerprint density at radius 2 is 1.76 bits per heavy atom. The van der Waals surface area contributed by atoms with Crippen LogP contribution in [-0.2, 0) is 19.9 Å². The number of fused-ring (bicyclic) bond motifs is 1. The maximum Gasteiger partial charge on any atom is 0.229 e. The number of rotatable bonds is 5. The van der Waals surface area contributed by atoms with Crippen LogP contribution in [0.2, 0.25) is 0 Å². The second kappa shape index (κ2) is 7.03. The number of aromatic nitrogens is 2. The van der Waals surface area contributed by atoms with Gasteiger partial charge in [0.05, 0.1) is 40.4 Å². The van der Waals surface area contributed by atoms with Crippen LogP contribution in [0.5, 0.6) is 5.75 Å². The van der Waals surface area contributed by atoms with Gasteiger partial charge in [0.25, 0.3) is 0 Å². The van der Waals surface area contributed by atoms with Gasteiger partial charge in [-0.1, -0.05) is 0 Å². The van der Waals surface area contributed by atoms with Crippen molar-refractivity contribution in [1.82, 2.24) is 9.61 Å². The number of anilines is 1. The number of nitrogens with one attached hydrogen (secondary N) is 1. The monoisotopic (exact) mass is 437 g/mol. The SMILES string of the molecule is COc1cc(NS(C)(=O)=O)cc(-c2cnn3ccc(S(=O)(=O)C(C)(C)C)cc23)c1. The smallest absolute Gasteiger partial charge is 0.229 e. The highest BCUT2D eigenvalue weighted by Crippen LogP contribution is 2.33. The molecular formula is C19H23N3O5S2. The van der Waals surface area contributed by atoms with E-state index >= 15 is 0 Å². The first kappa shape index (κ1) is 21.1. The molecule has 0 atom stereocenters. The third-order valence-corrected chi connectivity index (χ3v) is 7.46. The summed E-state index contributed by atoms with van der Waals surface area (Å²) in [5.41, 5.74) is 2.19. The molecule has 1 aromatic carbocycles. The fourth-order valence-corrected chi connectivity index (χ4v) is 4.61. The molecule has 0 fully saturated rings. The van der Waals surface area contributed by atoms with Gasteiger partial charge >= 0.3 is 0 Å². The van der Waals surface area contributed by atoms with Crippen LogP contribution in [0, 0.1) is 0 Å². The van der Waals surface area contributed by atoms with Crippen LogP contribution in [0.3, 0.4) is 0 Å². The van der Waals surface area contributed by atoms with E-state index < -0.39 is 24.6 Å². The minimum atomic E-state index is -3.55. The van der Waals surface area contributed by atoms with Crippen molar-refractivity contribution in [2.45, 2.75) is 30.4 Å². The van der Waals surface area contributed by atoms with E-state index in [0.717, 1.165) is 6.26 Å². The van der Waals surface area contributed by atoms with Crippen LogP contribution in [0.15, 0.2) is 47.6 Å². The van der Waals surface area contributed by atoms with Crippen molar-refractivity contribution in [3.05, 3.63) is 42.7 Å². The summed E-state index contributed by atoms with van der Waals surface area (Å²) in [6.45, 7) is 4.94. The van der Waals surface area contributed by atoms with Gasteiger partial charge in [0.2, 0.25) is 10.0 Å². The average Bonchev–Trinajstić information content (AvgIpc) is 3.02. The van der Waals surface area contributed by atoms with Gasteiger partial charge in [0, 0.05) is 17.8 Å². The molecule has 3 aromatic rings. The van der Waals surface area contributed by atoms with E-state index in [-0.39, 0.29) is 4.90 Å². The molecule has 0 aliphatic rings.